The molecule has 7 heteroatoms. The van der Waals surface area contributed by atoms with Crippen LogP contribution in [-0.2, 0) is 13.3 Å². The van der Waals surface area contributed by atoms with Crippen LogP contribution >= 0.6 is 11.6 Å². The summed E-state index contributed by atoms with van der Waals surface area (Å²) >= 11 is 5.91. The maximum absolute atomic E-state index is 6.85. The molecule has 0 unspecified atom stereocenters. The van der Waals surface area contributed by atoms with E-state index >= 15 is 0 Å². The van der Waals surface area contributed by atoms with Crippen molar-refractivity contribution in [1.82, 2.24) is 0 Å². The maximum atomic E-state index is 6.85. The normalized spacial score (nSPS) is 13.6. The monoisotopic (exact) mass is 412 g/mol. The summed E-state index contributed by atoms with van der Waals surface area (Å²) in [5.74, 6) is -0.117. The minimum Gasteiger partial charge on any atom is -0.382 e. The van der Waals surface area contributed by atoms with E-state index in [1.165, 1.54) is 0 Å². The van der Waals surface area contributed by atoms with Crippen molar-refractivity contribution in [2.45, 2.75) is 103 Å². The molecule has 0 heterocycles. The summed E-state index contributed by atoms with van der Waals surface area (Å²) in [4.78, 5) is 0. The molecule has 0 aromatic rings. The quantitative estimate of drug-likeness (QED) is 0.156. The largest absolute Gasteiger partial charge is 0.382 e. The SMILES string of the molecule is CC[Si](CC)(CC)OC(CCCCCl)(O[SiH3])O[Si](CC)(CC)CC. The molecule has 0 saturated carbocycles. The first-order chi connectivity index (χ1) is 11.4. The molecule has 24 heavy (non-hydrogen) atoms. The van der Waals surface area contributed by atoms with Crippen LogP contribution in [0.2, 0.25) is 36.3 Å². The van der Waals surface area contributed by atoms with Gasteiger partial charge in [-0.1, -0.05) is 41.5 Å². The van der Waals surface area contributed by atoms with E-state index in [0.29, 0.717) is 16.4 Å². The highest BCUT2D eigenvalue weighted by atomic mass is 35.5. The average Bonchev–Trinajstić information content (AvgIpc) is 2.64. The summed E-state index contributed by atoms with van der Waals surface area (Å²) in [5, 5.41) is 0. The number of hydrogen-bond acceptors (Lipinski definition) is 3. The van der Waals surface area contributed by atoms with Crippen molar-refractivity contribution in [3.63, 3.8) is 0 Å². The molecule has 0 aliphatic rings. The van der Waals surface area contributed by atoms with E-state index in [-0.39, 0.29) is 0 Å². The molecule has 3 nitrogen and oxygen atoms in total. The third-order valence-corrected chi connectivity index (χ3v) is 15.9. The van der Waals surface area contributed by atoms with Gasteiger partial charge in [0.15, 0.2) is 27.1 Å². The highest BCUT2D eigenvalue weighted by Crippen LogP contribution is 2.37. The van der Waals surface area contributed by atoms with Crippen molar-refractivity contribution in [2.75, 3.05) is 5.88 Å². The molecule has 0 spiro atoms. The Morgan fingerprint density at radius 3 is 1.38 bits per heavy atom. The van der Waals surface area contributed by atoms with Crippen molar-refractivity contribution >= 4 is 38.7 Å². The molecule has 0 amide bonds. The highest BCUT2D eigenvalue weighted by molar-refractivity contribution is 6.74. The molecule has 0 aromatic heterocycles. The second kappa shape index (κ2) is 12.3. The van der Waals surface area contributed by atoms with Crippen LogP contribution in [0.4, 0.5) is 0 Å². The standard InChI is InChI=1S/C17H41ClO3Si3/c1-7-23(8-2,9-3)20-17(19-22,15-13-14-16-18)21-24(10-4,11-5)12-6/h7-16H2,1-6,22H3. The summed E-state index contributed by atoms with van der Waals surface area (Å²) < 4.78 is 19.8. The van der Waals surface area contributed by atoms with E-state index in [9.17, 15) is 0 Å². The fourth-order valence-electron chi connectivity index (χ4n) is 3.34. The molecule has 0 rings (SSSR count). The Morgan fingerprint density at radius 1 is 0.750 bits per heavy atom. The van der Waals surface area contributed by atoms with Gasteiger partial charge in [0.25, 0.3) is 5.97 Å². The summed E-state index contributed by atoms with van der Waals surface area (Å²) in [6, 6.07) is 6.69. The lowest BCUT2D eigenvalue weighted by Crippen LogP contribution is -2.56. The van der Waals surface area contributed by atoms with Crippen LogP contribution in [-0.4, -0.2) is 39.0 Å². The minimum absolute atomic E-state index is 0.628. The molecular weight excluding hydrogens is 372 g/mol. The summed E-state index contributed by atoms with van der Waals surface area (Å²) in [6.07, 6.45) is 2.79. The fourth-order valence-corrected chi connectivity index (χ4v) is 9.95. The van der Waals surface area contributed by atoms with Crippen LogP contribution in [0, 0.1) is 0 Å². The second-order valence-corrected chi connectivity index (χ2v) is 16.9. The maximum Gasteiger partial charge on any atom is 0.253 e. The third kappa shape index (κ3) is 6.85. The van der Waals surface area contributed by atoms with Gasteiger partial charge in [-0.05, 0) is 49.1 Å². The number of unbranched alkanes of at least 4 members (excludes halogenated alkanes) is 1. The first-order valence-corrected chi connectivity index (χ1v) is 16.3. The lowest BCUT2D eigenvalue weighted by atomic mass is 10.2. The van der Waals surface area contributed by atoms with Crippen molar-refractivity contribution in [3.8, 4) is 0 Å². The van der Waals surface area contributed by atoms with Crippen molar-refractivity contribution in [3.05, 3.63) is 0 Å². The zero-order chi connectivity index (χ0) is 18.7. The molecule has 0 N–H and O–H groups in total. The Morgan fingerprint density at radius 2 is 1.12 bits per heavy atom. The third-order valence-electron chi connectivity index (χ3n) is 5.79. The molecule has 0 aliphatic heterocycles. The van der Waals surface area contributed by atoms with Gasteiger partial charge < -0.3 is 13.3 Å². The second-order valence-electron chi connectivity index (χ2n) is 6.72. The predicted octanol–water partition coefficient (Wildman–Crippen LogP) is 5.39. The summed E-state index contributed by atoms with van der Waals surface area (Å²) in [6.45, 7) is 13.6. The van der Waals surface area contributed by atoms with Crippen molar-refractivity contribution in [2.24, 2.45) is 0 Å². The molecule has 0 fully saturated rings. The Kier molecular flexibility index (Phi) is 12.7. The van der Waals surface area contributed by atoms with Gasteiger partial charge in [-0.25, -0.2) is 0 Å². The smallest absolute Gasteiger partial charge is 0.253 e. The molecule has 0 aromatic carbocycles. The Labute approximate surface area is 161 Å². The molecule has 146 valence electrons. The topological polar surface area (TPSA) is 27.7 Å². The predicted molar refractivity (Wildman–Crippen MR) is 115 cm³/mol. The van der Waals surface area contributed by atoms with E-state index in [2.05, 4.69) is 41.5 Å². The van der Waals surface area contributed by atoms with Gasteiger partial charge in [-0.3, -0.25) is 0 Å². The van der Waals surface area contributed by atoms with E-state index in [1.54, 1.807) is 0 Å². The van der Waals surface area contributed by atoms with Gasteiger partial charge in [-0.15, -0.1) is 11.6 Å². The Hall–Kier alpha value is 0.821. The van der Waals surface area contributed by atoms with Gasteiger partial charge in [0, 0.05) is 12.3 Å². The van der Waals surface area contributed by atoms with E-state index in [0.717, 1.165) is 55.5 Å². The summed E-state index contributed by atoms with van der Waals surface area (Å²) in [7, 11) is -2.99. The van der Waals surface area contributed by atoms with Gasteiger partial charge in [0.2, 0.25) is 0 Å². The molecule has 0 saturated heterocycles. The van der Waals surface area contributed by atoms with Crippen LogP contribution in [0.25, 0.3) is 0 Å². The number of rotatable bonds is 15. The highest BCUT2D eigenvalue weighted by Gasteiger charge is 2.46. The van der Waals surface area contributed by atoms with Crippen molar-refractivity contribution in [1.29, 1.82) is 0 Å². The van der Waals surface area contributed by atoms with Crippen LogP contribution in [0.5, 0.6) is 0 Å². The first-order valence-electron chi connectivity index (χ1n) is 9.91. The molecule has 0 bridgehead atoms. The molecule has 0 radical (unpaired) electrons. The van der Waals surface area contributed by atoms with E-state index in [1.807, 2.05) is 0 Å². The molecule has 0 atom stereocenters. The first kappa shape index (κ1) is 24.8. The Bertz CT molecular complexity index is 286. The molecule has 0 aliphatic carbocycles. The van der Waals surface area contributed by atoms with Crippen LogP contribution < -0.4 is 0 Å². The van der Waals surface area contributed by atoms with E-state index < -0.39 is 22.6 Å². The number of halogens is 1. The molecular formula is C17H41ClO3Si3. The number of hydrogen-bond donors (Lipinski definition) is 0. The van der Waals surface area contributed by atoms with Crippen LogP contribution in [0.1, 0.15) is 60.8 Å². The van der Waals surface area contributed by atoms with Gasteiger partial charge in [0.05, 0.1) is 0 Å². The van der Waals surface area contributed by atoms with Crippen LogP contribution in [0.15, 0.2) is 0 Å². The van der Waals surface area contributed by atoms with Crippen LogP contribution in [0.3, 0.4) is 0 Å². The Balaban J connectivity index is 5.61. The lowest BCUT2D eigenvalue weighted by molar-refractivity contribution is -0.270. The average molecular weight is 413 g/mol. The number of alkyl halides is 1. The zero-order valence-corrected chi connectivity index (χ0v) is 21.9. The van der Waals surface area contributed by atoms with Gasteiger partial charge in [0.1, 0.15) is 0 Å². The zero-order valence-electron chi connectivity index (χ0n) is 17.2. The van der Waals surface area contributed by atoms with Crippen molar-refractivity contribution < 1.29 is 13.3 Å². The minimum atomic E-state index is -1.81. The fraction of sp³-hybridized carbons (Fsp3) is 1.00. The van der Waals surface area contributed by atoms with Gasteiger partial charge >= 0.3 is 0 Å². The lowest BCUT2D eigenvalue weighted by Gasteiger charge is -2.46. The van der Waals surface area contributed by atoms with Gasteiger partial charge in [-0.2, -0.15) is 0 Å². The van der Waals surface area contributed by atoms with E-state index in [4.69, 9.17) is 24.9 Å². The summed E-state index contributed by atoms with van der Waals surface area (Å²) in [5.41, 5.74) is 0.